The van der Waals surface area contributed by atoms with E-state index in [1.807, 2.05) is 37.3 Å². The van der Waals surface area contributed by atoms with Gasteiger partial charge in [-0.05, 0) is 42.7 Å². The molecule has 0 fully saturated rings. The predicted octanol–water partition coefficient (Wildman–Crippen LogP) is 5.11. The first-order chi connectivity index (χ1) is 11.6. The number of aryl methyl sites for hydroxylation is 1. The minimum absolute atomic E-state index is 0.0224. The molecule has 0 aromatic heterocycles. The fourth-order valence-electron chi connectivity index (χ4n) is 2.86. The van der Waals surface area contributed by atoms with E-state index in [2.05, 4.69) is 12.2 Å². The van der Waals surface area contributed by atoms with Crippen molar-refractivity contribution in [3.05, 3.63) is 53.1 Å². The van der Waals surface area contributed by atoms with E-state index in [4.69, 9.17) is 16.3 Å². The zero-order chi connectivity index (χ0) is 17.1. The molecule has 0 unspecified atom stereocenters. The second-order valence-electron chi connectivity index (χ2n) is 5.81. The zero-order valence-electron chi connectivity index (χ0n) is 13.9. The maximum atomic E-state index is 12.9. The number of carbonyl (C=O) groups is 1. The number of urea groups is 1. The summed E-state index contributed by atoms with van der Waals surface area (Å²) in [6, 6.07) is 13.1. The molecule has 1 heterocycles. The minimum Gasteiger partial charge on any atom is -0.486 e. The molecule has 2 aromatic carbocycles. The lowest BCUT2D eigenvalue weighted by Crippen LogP contribution is -2.45. The van der Waals surface area contributed by atoms with Crippen LogP contribution in [0.2, 0.25) is 5.02 Å². The first-order valence-corrected chi connectivity index (χ1v) is 8.62. The van der Waals surface area contributed by atoms with Gasteiger partial charge in [0, 0.05) is 10.7 Å². The van der Waals surface area contributed by atoms with Crippen LogP contribution in [0.4, 0.5) is 16.2 Å². The molecule has 0 saturated carbocycles. The van der Waals surface area contributed by atoms with Gasteiger partial charge in [-0.3, -0.25) is 4.90 Å². The smallest absolute Gasteiger partial charge is 0.326 e. The van der Waals surface area contributed by atoms with Crippen molar-refractivity contribution in [2.75, 3.05) is 16.8 Å². The molecule has 0 saturated heterocycles. The third-order valence-corrected chi connectivity index (χ3v) is 4.47. The molecule has 1 atom stereocenters. The van der Waals surface area contributed by atoms with Crippen LogP contribution in [-0.2, 0) is 6.42 Å². The SMILES string of the molecule is CCc1ccccc1NC(=O)N1C[C@H](CC)Oc2ccc(Cl)cc21. The van der Waals surface area contributed by atoms with Gasteiger partial charge in [-0.1, -0.05) is 43.6 Å². The lowest BCUT2D eigenvalue weighted by Gasteiger charge is -2.34. The molecular formula is C19H21ClN2O2. The van der Waals surface area contributed by atoms with Crippen molar-refractivity contribution >= 4 is 29.0 Å². The molecule has 0 spiro atoms. The zero-order valence-corrected chi connectivity index (χ0v) is 14.6. The van der Waals surface area contributed by atoms with Crippen LogP contribution in [0.5, 0.6) is 5.75 Å². The summed E-state index contributed by atoms with van der Waals surface area (Å²) in [5.74, 6) is 0.691. The summed E-state index contributed by atoms with van der Waals surface area (Å²) in [6.07, 6.45) is 1.67. The number of hydrogen-bond acceptors (Lipinski definition) is 2. The van der Waals surface area contributed by atoms with E-state index in [9.17, 15) is 4.79 Å². The number of anilines is 2. The minimum atomic E-state index is -0.166. The van der Waals surface area contributed by atoms with E-state index < -0.39 is 0 Å². The van der Waals surface area contributed by atoms with E-state index in [1.165, 1.54) is 0 Å². The molecule has 2 amide bonds. The fourth-order valence-corrected chi connectivity index (χ4v) is 3.02. The molecule has 0 radical (unpaired) electrons. The first-order valence-electron chi connectivity index (χ1n) is 8.25. The molecule has 5 heteroatoms. The van der Waals surface area contributed by atoms with Crippen molar-refractivity contribution in [1.82, 2.24) is 0 Å². The van der Waals surface area contributed by atoms with Gasteiger partial charge in [0.25, 0.3) is 0 Å². The number of halogens is 1. The molecular weight excluding hydrogens is 324 g/mol. The number of rotatable bonds is 3. The van der Waals surface area contributed by atoms with Gasteiger partial charge in [-0.2, -0.15) is 0 Å². The number of nitrogens with zero attached hydrogens (tertiary/aromatic N) is 1. The van der Waals surface area contributed by atoms with E-state index in [0.717, 1.165) is 24.1 Å². The summed E-state index contributed by atoms with van der Waals surface area (Å²) in [5, 5.41) is 3.61. The summed E-state index contributed by atoms with van der Waals surface area (Å²) in [5.41, 5.74) is 2.66. The number of para-hydroxylation sites is 1. The number of amides is 2. The number of hydrogen-bond donors (Lipinski definition) is 1. The van der Waals surface area contributed by atoms with Gasteiger partial charge < -0.3 is 10.1 Å². The summed E-state index contributed by atoms with van der Waals surface area (Å²) in [7, 11) is 0. The molecule has 0 aliphatic carbocycles. The van der Waals surface area contributed by atoms with Gasteiger partial charge in [0.2, 0.25) is 0 Å². The van der Waals surface area contributed by atoms with Crippen LogP contribution in [0.15, 0.2) is 42.5 Å². The van der Waals surface area contributed by atoms with Crippen LogP contribution in [-0.4, -0.2) is 18.7 Å². The Bertz CT molecular complexity index is 748. The quantitative estimate of drug-likeness (QED) is 0.840. The van der Waals surface area contributed by atoms with Gasteiger partial charge >= 0.3 is 6.03 Å². The molecule has 24 heavy (non-hydrogen) atoms. The lowest BCUT2D eigenvalue weighted by molar-refractivity contribution is 0.188. The highest BCUT2D eigenvalue weighted by Crippen LogP contribution is 2.36. The molecule has 0 bridgehead atoms. The predicted molar refractivity (Wildman–Crippen MR) is 98.3 cm³/mol. The van der Waals surface area contributed by atoms with E-state index in [1.54, 1.807) is 17.0 Å². The van der Waals surface area contributed by atoms with Crippen LogP contribution in [0.3, 0.4) is 0 Å². The third-order valence-electron chi connectivity index (χ3n) is 4.23. The van der Waals surface area contributed by atoms with Crippen molar-refractivity contribution in [1.29, 1.82) is 0 Å². The Morgan fingerprint density at radius 3 is 2.83 bits per heavy atom. The van der Waals surface area contributed by atoms with E-state index in [-0.39, 0.29) is 12.1 Å². The summed E-state index contributed by atoms with van der Waals surface area (Å²) >= 11 is 6.11. The number of carbonyl (C=O) groups excluding carboxylic acids is 1. The highest BCUT2D eigenvalue weighted by Gasteiger charge is 2.29. The van der Waals surface area contributed by atoms with Crippen LogP contribution in [0.1, 0.15) is 25.8 Å². The Hall–Kier alpha value is -2.20. The summed E-state index contributed by atoms with van der Waals surface area (Å²) in [4.78, 5) is 14.6. The van der Waals surface area contributed by atoms with Crippen molar-refractivity contribution in [3.8, 4) is 5.75 Å². The number of ether oxygens (including phenoxy) is 1. The fraction of sp³-hybridized carbons (Fsp3) is 0.316. The maximum absolute atomic E-state index is 12.9. The van der Waals surface area contributed by atoms with Crippen molar-refractivity contribution in [2.24, 2.45) is 0 Å². The van der Waals surface area contributed by atoms with Gasteiger partial charge in [-0.25, -0.2) is 4.79 Å². The third kappa shape index (κ3) is 3.34. The number of benzene rings is 2. The monoisotopic (exact) mass is 344 g/mol. The second-order valence-corrected chi connectivity index (χ2v) is 6.25. The maximum Gasteiger partial charge on any atom is 0.326 e. The average Bonchev–Trinajstić information content (AvgIpc) is 2.61. The van der Waals surface area contributed by atoms with Crippen LogP contribution >= 0.6 is 11.6 Å². The van der Waals surface area contributed by atoms with Gasteiger partial charge in [0.15, 0.2) is 0 Å². The van der Waals surface area contributed by atoms with E-state index >= 15 is 0 Å². The Labute approximate surface area is 147 Å². The van der Waals surface area contributed by atoms with Crippen LogP contribution in [0.25, 0.3) is 0 Å². The summed E-state index contributed by atoms with van der Waals surface area (Å²) < 4.78 is 5.93. The Kier molecular flexibility index (Phi) is 4.95. The highest BCUT2D eigenvalue weighted by atomic mass is 35.5. The largest absolute Gasteiger partial charge is 0.486 e. The first kappa shape index (κ1) is 16.7. The summed E-state index contributed by atoms with van der Waals surface area (Å²) in [6.45, 7) is 4.62. The molecule has 1 N–H and O–H groups in total. The highest BCUT2D eigenvalue weighted by molar-refractivity contribution is 6.31. The van der Waals surface area contributed by atoms with Crippen molar-refractivity contribution in [3.63, 3.8) is 0 Å². The lowest BCUT2D eigenvalue weighted by atomic mass is 10.1. The number of nitrogens with one attached hydrogen (secondary N) is 1. The Morgan fingerprint density at radius 2 is 2.08 bits per heavy atom. The van der Waals surface area contributed by atoms with Crippen LogP contribution < -0.4 is 15.0 Å². The topological polar surface area (TPSA) is 41.6 Å². The molecule has 1 aliphatic rings. The second kappa shape index (κ2) is 7.14. The molecule has 126 valence electrons. The Morgan fingerprint density at radius 1 is 1.29 bits per heavy atom. The molecule has 2 aromatic rings. The standard InChI is InChI=1S/C19H21ClN2O2/c1-3-13-7-5-6-8-16(13)21-19(23)22-12-15(4-2)24-18-10-9-14(20)11-17(18)22/h5-11,15H,3-4,12H2,1-2H3,(H,21,23)/t15-/m0/s1. The molecule has 1 aliphatic heterocycles. The number of fused-ring (bicyclic) bond motifs is 1. The van der Waals surface area contributed by atoms with Crippen molar-refractivity contribution in [2.45, 2.75) is 32.8 Å². The van der Waals surface area contributed by atoms with Gasteiger partial charge in [0.05, 0.1) is 12.2 Å². The Balaban J connectivity index is 1.90. The molecule has 3 rings (SSSR count). The molecule has 4 nitrogen and oxygen atoms in total. The van der Waals surface area contributed by atoms with Crippen LogP contribution in [0, 0.1) is 0 Å². The van der Waals surface area contributed by atoms with Gasteiger partial charge in [0.1, 0.15) is 11.9 Å². The van der Waals surface area contributed by atoms with Gasteiger partial charge in [-0.15, -0.1) is 0 Å². The average molecular weight is 345 g/mol. The normalized spacial score (nSPS) is 16.3. The van der Waals surface area contributed by atoms with E-state index in [0.29, 0.717) is 23.0 Å². The van der Waals surface area contributed by atoms with Crippen molar-refractivity contribution < 1.29 is 9.53 Å².